The second kappa shape index (κ2) is 11.2. The van der Waals surface area contributed by atoms with E-state index in [9.17, 15) is 14.4 Å². The molecule has 1 saturated heterocycles. The summed E-state index contributed by atoms with van der Waals surface area (Å²) in [6, 6.07) is 7.47. The highest BCUT2D eigenvalue weighted by atomic mass is 16.2. The van der Waals surface area contributed by atoms with Crippen LogP contribution >= 0.6 is 0 Å². The van der Waals surface area contributed by atoms with Crippen LogP contribution in [0.1, 0.15) is 69.2 Å². The van der Waals surface area contributed by atoms with Crippen LogP contribution in [0.15, 0.2) is 24.3 Å². The maximum atomic E-state index is 12.9. The van der Waals surface area contributed by atoms with E-state index in [2.05, 4.69) is 10.6 Å². The van der Waals surface area contributed by atoms with Gasteiger partial charge >= 0.3 is 6.03 Å². The molecular formula is C24H36N4O3. The van der Waals surface area contributed by atoms with E-state index >= 15 is 0 Å². The van der Waals surface area contributed by atoms with E-state index in [4.69, 9.17) is 0 Å². The normalized spacial score (nSPS) is 17.8. The van der Waals surface area contributed by atoms with E-state index in [1.54, 1.807) is 12.1 Å². The van der Waals surface area contributed by atoms with Crippen molar-refractivity contribution in [2.24, 2.45) is 5.92 Å². The summed E-state index contributed by atoms with van der Waals surface area (Å²) in [4.78, 5) is 41.9. The third kappa shape index (κ3) is 5.99. The number of likely N-dealkylation sites (tertiary alicyclic amines) is 1. The van der Waals surface area contributed by atoms with E-state index in [-0.39, 0.29) is 29.8 Å². The second-order valence-electron chi connectivity index (χ2n) is 8.56. The van der Waals surface area contributed by atoms with Crippen LogP contribution < -0.4 is 10.6 Å². The highest BCUT2D eigenvalue weighted by Gasteiger charge is 2.29. The van der Waals surface area contributed by atoms with E-state index in [0.717, 1.165) is 25.7 Å². The van der Waals surface area contributed by atoms with Gasteiger partial charge in [0.25, 0.3) is 5.91 Å². The van der Waals surface area contributed by atoms with Crippen molar-refractivity contribution in [3.8, 4) is 0 Å². The summed E-state index contributed by atoms with van der Waals surface area (Å²) in [7, 11) is 0. The molecule has 0 aromatic heterocycles. The lowest BCUT2D eigenvalue weighted by atomic mass is 9.95. The summed E-state index contributed by atoms with van der Waals surface area (Å²) in [6.07, 6.45) is 6.84. The van der Waals surface area contributed by atoms with Crippen molar-refractivity contribution in [3.05, 3.63) is 29.8 Å². The SMILES string of the molecule is CCN(CC)C(=O)N1CCC(C(=O)Nc2ccccc2C(=O)NC2CCCCC2)CC1. The fraction of sp³-hybridized carbons (Fsp3) is 0.625. The van der Waals surface area contributed by atoms with Crippen LogP contribution in [-0.4, -0.2) is 59.9 Å². The molecule has 1 aliphatic carbocycles. The van der Waals surface area contributed by atoms with Gasteiger partial charge in [0.2, 0.25) is 5.91 Å². The number of hydrogen-bond acceptors (Lipinski definition) is 3. The molecule has 7 nitrogen and oxygen atoms in total. The molecule has 1 aromatic rings. The quantitative estimate of drug-likeness (QED) is 0.722. The topological polar surface area (TPSA) is 81.8 Å². The molecule has 2 aliphatic rings. The summed E-state index contributed by atoms with van der Waals surface area (Å²) >= 11 is 0. The van der Waals surface area contributed by atoms with Crippen LogP contribution in [0.4, 0.5) is 10.5 Å². The number of anilines is 1. The predicted octanol–water partition coefficient (Wildman–Crippen LogP) is 3.86. The first-order valence-corrected chi connectivity index (χ1v) is 11.8. The second-order valence-corrected chi connectivity index (χ2v) is 8.56. The molecule has 170 valence electrons. The first-order chi connectivity index (χ1) is 15.0. The molecule has 2 fully saturated rings. The Balaban J connectivity index is 1.56. The van der Waals surface area contributed by atoms with Crippen LogP contribution in [0.5, 0.6) is 0 Å². The Morgan fingerprint density at radius 1 is 0.968 bits per heavy atom. The van der Waals surface area contributed by atoms with Gasteiger partial charge in [-0.15, -0.1) is 0 Å². The number of nitrogens with zero attached hydrogens (tertiary/aromatic N) is 2. The minimum atomic E-state index is -0.157. The molecule has 1 aliphatic heterocycles. The van der Waals surface area contributed by atoms with Gasteiger partial charge in [0, 0.05) is 38.1 Å². The fourth-order valence-corrected chi connectivity index (χ4v) is 4.56. The number of hydrogen-bond donors (Lipinski definition) is 2. The molecule has 31 heavy (non-hydrogen) atoms. The summed E-state index contributed by atoms with van der Waals surface area (Å²) in [5.41, 5.74) is 1.07. The van der Waals surface area contributed by atoms with Crippen molar-refractivity contribution >= 4 is 23.5 Å². The molecule has 3 rings (SSSR count). The Bertz CT molecular complexity index is 764. The summed E-state index contributed by atoms with van der Waals surface area (Å²) < 4.78 is 0. The number of piperidine rings is 1. The Morgan fingerprint density at radius 3 is 2.26 bits per heavy atom. The van der Waals surface area contributed by atoms with Crippen LogP contribution in [0.25, 0.3) is 0 Å². The average Bonchev–Trinajstić information content (AvgIpc) is 2.81. The number of amides is 4. The maximum Gasteiger partial charge on any atom is 0.319 e. The molecule has 1 heterocycles. The van der Waals surface area contributed by atoms with Gasteiger partial charge in [-0.25, -0.2) is 4.79 Å². The first kappa shape index (κ1) is 23.1. The number of carbonyl (C=O) groups is 3. The zero-order valence-corrected chi connectivity index (χ0v) is 18.9. The van der Waals surface area contributed by atoms with Gasteiger partial charge in [-0.3, -0.25) is 9.59 Å². The lowest BCUT2D eigenvalue weighted by Gasteiger charge is -2.34. The van der Waals surface area contributed by atoms with Crippen molar-refractivity contribution in [1.82, 2.24) is 15.1 Å². The number of carbonyl (C=O) groups excluding carboxylic acids is 3. The zero-order valence-electron chi connectivity index (χ0n) is 18.9. The summed E-state index contributed by atoms with van der Waals surface area (Å²) in [5, 5.41) is 6.10. The standard InChI is InChI=1S/C24H36N4O3/c1-3-27(4-2)24(31)28-16-14-18(15-17-28)22(29)26-21-13-9-8-12-20(21)23(30)25-19-10-6-5-7-11-19/h8-9,12-13,18-19H,3-7,10-11,14-17H2,1-2H3,(H,25,30)(H,26,29). The van der Waals surface area contributed by atoms with Gasteiger partial charge in [0.15, 0.2) is 0 Å². The van der Waals surface area contributed by atoms with Gasteiger partial charge in [0.05, 0.1) is 11.3 Å². The Hall–Kier alpha value is -2.57. The first-order valence-electron chi connectivity index (χ1n) is 11.8. The Kier molecular flexibility index (Phi) is 8.32. The molecule has 0 bridgehead atoms. The van der Waals surface area contributed by atoms with Crippen molar-refractivity contribution in [2.75, 3.05) is 31.5 Å². The molecule has 1 saturated carbocycles. The van der Waals surface area contributed by atoms with Gasteiger partial charge < -0.3 is 20.4 Å². The lowest BCUT2D eigenvalue weighted by molar-refractivity contribution is -0.121. The molecule has 4 amide bonds. The molecule has 7 heteroatoms. The summed E-state index contributed by atoms with van der Waals surface area (Å²) in [5.74, 6) is -0.356. The monoisotopic (exact) mass is 428 g/mol. The van der Waals surface area contributed by atoms with Crippen LogP contribution in [-0.2, 0) is 4.79 Å². The highest BCUT2D eigenvalue weighted by molar-refractivity contribution is 6.04. The number of rotatable bonds is 6. The van der Waals surface area contributed by atoms with Crippen molar-refractivity contribution in [2.45, 2.75) is 64.8 Å². The van der Waals surface area contributed by atoms with E-state index in [1.807, 2.05) is 35.8 Å². The van der Waals surface area contributed by atoms with Crippen LogP contribution in [0.3, 0.4) is 0 Å². The smallest absolute Gasteiger partial charge is 0.319 e. The predicted molar refractivity (Wildman–Crippen MR) is 122 cm³/mol. The Morgan fingerprint density at radius 2 is 1.61 bits per heavy atom. The molecule has 0 atom stereocenters. The number of nitrogens with one attached hydrogen (secondary N) is 2. The Labute approximate surface area is 185 Å². The molecule has 2 N–H and O–H groups in total. The van der Waals surface area contributed by atoms with Crippen molar-refractivity contribution in [1.29, 1.82) is 0 Å². The van der Waals surface area contributed by atoms with Crippen LogP contribution in [0.2, 0.25) is 0 Å². The largest absolute Gasteiger partial charge is 0.349 e. The number of para-hydroxylation sites is 1. The molecular weight excluding hydrogens is 392 g/mol. The highest BCUT2D eigenvalue weighted by Crippen LogP contribution is 2.23. The average molecular weight is 429 g/mol. The molecule has 0 radical (unpaired) electrons. The van der Waals surface area contributed by atoms with Crippen molar-refractivity contribution in [3.63, 3.8) is 0 Å². The molecule has 0 spiro atoms. The van der Waals surface area contributed by atoms with Crippen LogP contribution in [0, 0.1) is 5.92 Å². The van der Waals surface area contributed by atoms with Gasteiger partial charge in [-0.1, -0.05) is 31.4 Å². The van der Waals surface area contributed by atoms with Gasteiger partial charge in [0.1, 0.15) is 0 Å². The lowest BCUT2D eigenvalue weighted by Crippen LogP contribution is -2.47. The fourth-order valence-electron chi connectivity index (χ4n) is 4.56. The third-order valence-electron chi connectivity index (χ3n) is 6.54. The minimum absolute atomic E-state index is 0.0496. The summed E-state index contributed by atoms with van der Waals surface area (Å²) in [6.45, 7) is 6.49. The minimum Gasteiger partial charge on any atom is -0.349 e. The van der Waals surface area contributed by atoms with E-state index < -0.39 is 0 Å². The number of benzene rings is 1. The number of urea groups is 1. The van der Waals surface area contributed by atoms with Crippen molar-refractivity contribution < 1.29 is 14.4 Å². The third-order valence-corrected chi connectivity index (χ3v) is 6.54. The zero-order chi connectivity index (χ0) is 22.2. The van der Waals surface area contributed by atoms with E-state index in [0.29, 0.717) is 50.3 Å². The molecule has 1 aromatic carbocycles. The van der Waals surface area contributed by atoms with Gasteiger partial charge in [-0.2, -0.15) is 0 Å². The molecule has 0 unspecified atom stereocenters. The van der Waals surface area contributed by atoms with E-state index in [1.165, 1.54) is 6.42 Å². The van der Waals surface area contributed by atoms with Gasteiger partial charge in [-0.05, 0) is 51.7 Å². The maximum absolute atomic E-state index is 12.9.